The van der Waals surface area contributed by atoms with Gasteiger partial charge in [0.1, 0.15) is 17.0 Å². The second kappa shape index (κ2) is 5.84. The topological polar surface area (TPSA) is 90.3 Å². The molecule has 0 saturated heterocycles. The number of hydrogen-bond donors (Lipinski definition) is 2. The number of nitriles is 1. The van der Waals surface area contributed by atoms with Crippen LogP contribution in [0.5, 0.6) is 0 Å². The molecule has 3 rings (SSSR count). The molecule has 3 heterocycles. The summed E-state index contributed by atoms with van der Waals surface area (Å²) in [5, 5.41) is 19.5. The van der Waals surface area contributed by atoms with Crippen LogP contribution in [0.15, 0.2) is 36.7 Å². The molecule has 0 amide bonds. The minimum absolute atomic E-state index is 0.145. The molecule has 3 aromatic heterocycles. The number of rotatable bonds is 3. The normalized spacial score (nSPS) is 10.2. The Hall–Kier alpha value is -2.91. The maximum absolute atomic E-state index is 9.32. The van der Waals surface area contributed by atoms with Crippen LogP contribution in [0, 0.1) is 18.3 Å². The van der Waals surface area contributed by atoms with E-state index < -0.39 is 0 Å². The summed E-state index contributed by atoms with van der Waals surface area (Å²) in [6.07, 6.45) is 3.32. The van der Waals surface area contributed by atoms with Gasteiger partial charge in [0.05, 0.1) is 5.56 Å². The number of aromatic amines is 1. The van der Waals surface area contributed by atoms with Gasteiger partial charge in [0.15, 0.2) is 5.82 Å². The smallest absolute Gasteiger partial charge is 0.153 e. The number of nitrogens with one attached hydrogen (secondary N) is 2. The van der Waals surface area contributed by atoms with Crippen molar-refractivity contribution >= 4 is 23.2 Å². The number of anilines is 2. The first kappa shape index (κ1) is 14.0. The van der Waals surface area contributed by atoms with E-state index >= 15 is 0 Å². The standard InChI is InChI=1S/C15H11ClN6/c1-9-6-14(22-21-9)19-13-7-11(10-2-4-18-5-3-10)12(8-17)15(16)20-13/h2-7H,1H3,(H2,19,20,21,22). The van der Waals surface area contributed by atoms with Gasteiger partial charge in [-0.05, 0) is 30.7 Å². The lowest BCUT2D eigenvalue weighted by Crippen LogP contribution is -1.98. The maximum atomic E-state index is 9.32. The van der Waals surface area contributed by atoms with Crippen LogP contribution in [0.3, 0.4) is 0 Å². The molecular formula is C15H11ClN6. The predicted molar refractivity (Wildman–Crippen MR) is 83.8 cm³/mol. The first-order valence-electron chi connectivity index (χ1n) is 6.47. The van der Waals surface area contributed by atoms with Gasteiger partial charge in [0.2, 0.25) is 0 Å². The fraction of sp³-hybridized carbons (Fsp3) is 0.0667. The molecule has 0 bridgehead atoms. The number of nitrogens with zero attached hydrogens (tertiary/aromatic N) is 4. The summed E-state index contributed by atoms with van der Waals surface area (Å²) in [6.45, 7) is 1.90. The summed E-state index contributed by atoms with van der Waals surface area (Å²) in [7, 11) is 0. The van der Waals surface area contributed by atoms with Crippen molar-refractivity contribution in [3.05, 3.63) is 53.1 Å². The molecule has 0 aliphatic heterocycles. The summed E-state index contributed by atoms with van der Waals surface area (Å²) < 4.78 is 0. The van der Waals surface area contributed by atoms with Gasteiger partial charge < -0.3 is 5.32 Å². The van der Waals surface area contributed by atoms with Crippen LogP contribution >= 0.6 is 11.6 Å². The van der Waals surface area contributed by atoms with Crippen molar-refractivity contribution < 1.29 is 0 Å². The molecule has 108 valence electrons. The van der Waals surface area contributed by atoms with E-state index in [1.54, 1.807) is 18.5 Å². The highest BCUT2D eigenvalue weighted by atomic mass is 35.5. The zero-order valence-electron chi connectivity index (χ0n) is 11.6. The van der Waals surface area contributed by atoms with E-state index in [9.17, 15) is 5.26 Å². The maximum Gasteiger partial charge on any atom is 0.153 e. The third-order valence-electron chi connectivity index (χ3n) is 3.04. The molecule has 0 aromatic carbocycles. The van der Waals surface area contributed by atoms with Crippen molar-refractivity contribution in [2.24, 2.45) is 0 Å². The lowest BCUT2D eigenvalue weighted by molar-refractivity contribution is 1.05. The van der Waals surface area contributed by atoms with Gasteiger partial charge in [-0.1, -0.05) is 11.6 Å². The number of halogens is 1. The van der Waals surface area contributed by atoms with Crippen LogP contribution in [0.1, 0.15) is 11.3 Å². The Morgan fingerprint density at radius 2 is 2.00 bits per heavy atom. The minimum Gasteiger partial charge on any atom is -0.323 e. The monoisotopic (exact) mass is 310 g/mol. The van der Waals surface area contributed by atoms with Crippen LogP contribution in [0.4, 0.5) is 11.6 Å². The minimum atomic E-state index is 0.145. The molecule has 22 heavy (non-hydrogen) atoms. The molecule has 0 aliphatic carbocycles. The van der Waals surface area contributed by atoms with Crippen LogP contribution in [-0.2, 0) is 0 Å². The van der Waals surface area contributed by atoms with Crippen molar-refractivity contribution in [2.45, 2.75) is 6.92 Å². The Morgan fingerprint density at radius 3 is 2.64 bits per heavy atom. The molecule has 7 heteroatoms. The van der Waals surface area contributed by atoms with Crippen LogP contribution in [0.2, 0.25) is 5.15 Å². The first-order chi connectivity index (χ1) is 10.7. The van der Waals surface area contributed by atoms with Crippen molar-refractivity contribution in [3.8, 4) is 17.2 Å². The van der Waals surface area contributed by atoms with Gasteiger partial charge in [-0.15, -0.1) is 0 Å². The van der Waals surface area contributed by atoms with Gasteiger partial charge in [-0.3, -0.25) is 10.1 Å². The molecule has 0 fully saturated rings. The summed E-state index contributed by atoms with van der Waals surface area (Å²) in [5.74, 6) is 1.15. The summed E-state index contributed by atoms with van der Waals surface area (Å²) in [6, 6.07) is 9.34. The second-order valence-electron chi connectivity index (χ2n) is 4.63. The summed E-state index contributed by atoms with van der Waals surface area (Å²) in [5.41, 5.74) is 2.80. The van der Waals surface area contributed by atoms with E-state index in [0.29, 0.717) is 22.8 Å². The van der Waals surface area contributed by atoms with Gasteiger partial charge in [-0.25, -0.2) is 4.98 Å². The summed E-state index contributed by atoms with van der Waals surface area (Å²) >= 11 is 6.14. The lowest BCUT2D eigenvalue weighted by atomic mass is 10.0. The molecule has 2 N–H and O–H groups in total. The fourth-order valence-corrected chi connectivity index (χ4v) is 2.29. The third kappa shape index (κ3) is 2.75. The number of pyridine rings is 2. The Kier molecular flexibility index (Phi) is 3.73. The van der Waals surface area contributed by atoms with E-state index in [0.717, 1.165) is 11.3 Å². The van der Waals surface area contributed by atoms with E-state index in [2.05, 4.69) is 31.6 Å². The zero-order valence-corrected chi connectivity index (χ0v) is 12.4. The Morgan fingerprint density at radius 1 is 1.23 bits per heavy atom. The van der Waals surface area contributed by atoms with E-state index in [1.807, 2.05) is 25.1 Å². The number of hydrogen-bond acceptors (Lipinski definition) is 5. The van der Waals surface area contributed by atoms with Crippen molar-refractivity contribution in [2.75, 3.05) is 5.32 Å². The van der Waals surface area contributed by atoms with Gasteiger partial charge >= 0.3 is 0 Å². The number of aromatic nitrogens is 4. The van der Waals surface area contributed by atoms with Gasteiger partial charge in [0.25, 0.3) is 0 Å². The van der Waals surface area contributed by atoms with Gasteiger partial charge in [0, 0.05) is 29.7 Å². The number of H-pyrrole nitrogens is 1. The quantitative estimate of drug-likeness (QED) is 0.723. The Balaban J connectivity index is 2.07. The Bertz CT molecular complexity index is 850. The highest BCUT2D eigenvalue weighted by Crippen LogP contribution is 2.30. The molecule has 0 spiro atoms. The molecular weight excluding hydrogens is 300 g/mol. The van der Waals surface area contributed by atoms with E-state index in [-0.39, 0.29) is 5.15 Å². The third-order valence-corrected chi connectivity index (χ3v) is 3.31. The van der Waals surface area contributed by atoms with E-state index in [1.165, 1.54) is 0 Å². The van der Waals surface area contributed by atoms with Gasteiger partial charge in [-0.2, -0.15) is 10.4 Å². The number of aryl methyl sites for hydroxylation is 1. The van der Waals surface area contributed by atoms with Crippen LogP contribution in [0.25, 0.3) is 11.1 Å². The predicted octanol–water partition coefficient (Wildman–Crippen LogP) is 3.44. The molecule has 0 aliphatic rings. The molecule has 0 atom stereocenters. The van der Waals surface area contributed by atoms with Crippen molar-refractivity contribution in [1.82, 2.24) is 20.2 Å². The molecule has 0 radical (unpaired) electrons. The highest BCUT2D eigenvalue weighted by Gasteiger charge is 2.13. The van der Waals surface area contributed by atoms with Crippen molar-refractivity contribution in [1.29, 1.82) is 5.26 Å². The van der Waals surface area contributed by atoms with Crippen molar-refractivity contribution in [3.63, 3.8) is 0 Å². The second-order valence-corrected chi connectivity index (χ2v) is 4.99. The largest absolute Gasteiger partial charge is 0.323 e. The first-order valence-corrected chi connectivity index (χ1v) is 6.85. The lowest BCUT2D eigenvalue weighted by Gasteiger charge is -2.09. The van der Waals surface area contributed by atoms with E-state index in [4.69, 9.17) is 11.6 Å². The zero-order chi connectivity index (χ0) is 15.5. The van der Waals surface area contributed by atoms with Crippen LogP contribution < -0.4 is 5.32 Å². The SMILES string of the molecule is Cc1cc(Nc2cc(-c3ccncc3)c(C#N)c(Cl)n2)n[nH]1. The van der Waals surface area contributed by atoms with Crippen LogP contribution in [-0.4, -0.2) is 20.2 Å². The molecule has 3 aromatic rings. The molecule has 0 unspecified atom stereocenters. The Labute approximate surface area is 131 Å². The molecule has 0 saturated carbocycles. The average molecular weight is 311 g/mol. The fourth-order valence-electron chi connectivity index (χ4n) is 2.06. The highest BCUT2D eigenvalue weighted by molar-refractivity contribution is 6.31. The average Bonchev–Trinajstić information content (AvgIpc) is 2.92. The summed E-state index contributed by atoms with van der Waals surface area (Å²) in [4.78, 5) is 8.18. The molecule has 6 nitrogen and oxygen atoms in total.